The van der Waals surface area contributed by atoms with Crippen molar-refractivity contribution in [3.63, 3.8) is 0 Å². The van der Waals surface area contributed by atoms with Gasteiger partial charge in [0.05, 0.1) is 27.5 Å². The highest BCUT2D eigenvalue weighted by Crippen LogP contribution is 2.35. The third kappa shape index (κ3) is 4.35. The first-order chi connectivity index (χ1) is 16.9. The first kappa shape index (κ1) is 22.7. The second-order valence-corrected chi connectivity index (χ2v) is 12.9. The van der Waals surface area contributed by atoms with E-state index in [-0.39, 0.29) is 29.3 Å². The van der Waals surface area contributed by atoms with Crippen molar-refractivity contribution >= 4 is 49.2 Å². The molecule has 3 aromatic heterocycles. The largest absolute Gasteiger partial charge is 0.351 e. The summed E-state index contributed by atoms with van der Waals surface area (Å²) in [4.78, 5) is 9.46. The van der Waals surface area contributed by atoms with Crippen LogP contribution in [-0.4, -0.2) is 69.4 Å². The minimum atomic E-state index is -3.36. The molecule has 3 aliphatic heterocycles. The van der Waals surface area contributed by atoms with Crippen LogP contribution in [0.25, 0.3) is 10.2 Å². The van der Waals surface area contributed by atoms with E-state index < -0.39 is 10.0 Å². The highest BCUT2D eigenvalue weighted by atomic mass is 32.2. The summed E-state index contributed by atoms with van der Waals surface area (Å²) in [6, 6.07) is 6.44. The van der Waals surface area contributed by atoms with E-state index in [0.29, 0.717) is 43.5 Å². The maximum Gasteiger partial charge on any atom is 0.225 e. The molecule has 2 unspecified atom stereocenters. The maximum absolute atomic E-state index is 13.1. The number of nitrogens with zero attached hydrogens (tertiary/aromatic N) is 5. The molecule has 0 aliphatic carbocycles. The number of piperidine rings is 2. The number of aryl methyl sites for hydroxylation is 1. The second-order valence-electron chi connectivity index (χ2n) is 9.75. The van der Waals surface area contributed by atoms with Gasteiger partial charge < -0.3 is 16.0 Å². The van der Waals surface area contributed by atoms with E-state index in [9.17, 15) is 8.42 Å². The first-order valence-electron chi connectivity index (χ1n) is 11.8. The summed E-state index contributed by atoms with van der Waals surface area (Å²) in [5.74, 6) is 1.80. The van der Waals surface area contributed by atoms with Gasteiger partial charge in [0.25, 0.3) is 0 Å². The summed E-state index contributed by atoms with van der Waals surface area (Å²) in [6.07, 6.45) is 2.77. The molecule has 3 aromatic rings. The van der Waals surface area contributed by atoms with Crippen molar-refractivity contribution in [3.8, 4) is 6.07 Å². The number of aromatic nitrogens is 4. The molecule has 4 atom stereocenters. The third-order valence-electron chi connectivity index (χ3n) is 7.11. The SMILES string of the molecule is Cc1cc(Nc2nc(NC3C[C@@H]4CC(S(=O)(=O)N5CC(C#N)C5)C[C@H](C3)N4)nc3ccsc23)n[nH]1. The van der Waals surface area contributed by atoms with Crippen LogP contribution in [0.15, 0.2) is 17.5 Å². The number of H-pyrrole nitrogens is 1. The molecule has 11 nitrogen and oxygen atoms in total. The lowest BCUT2D eigenvalue weighted by atomic mass is 9.84. The average molecular weight is 514 g/mol. The Balaban J connectivity index is 1.15. The zero-order valence-electron chi connectivity index (χ0n) is 19.2. The molecule has 0 aromatic carbocycles. The molecule has 3 fully saturated rings. The van der Waals surface area contributed by atoms with Gasteiger partial charge in [-0.15, -0.1) is 11.3 Å². The summed E-state index contributed by atoms with van der Waals surface area (Å²) >= 11 is 1.58. The number of nitrogens with one attached hydrogen (secondary N) is 4. The van der Waals surface area contributed by atoms with Gasteiger partial charge in [-0.05, 0) is 44.1 Å². The Morgan fingerprint density at radius 1 is 1.20 bits per heavy atom. The molecule has 6 heterocycles. The maximum atomic E-state index is 13.1. The van der Waals surface area contributed by atoms with Gasteiger partial charge in [-0.2, -0.15) is 19.6 Å². The van der Waals surface area contributed by atoms with E-state index >= 15 is 0 Å². The molecule has 2 bridgehead atoms. The molecule has 4 N–H and O–H groups in total. The summed E-state index contributed by atoms with van der Waals surface area (Å²) in [7, 11) is -3.36. The van der Waals surface area contributed by atoms with Crippen molar-refractivity contribution in [1.29, 1.82) is 5.26 Å². The Labute approximate surface area is 207 Å². The third-order valence-corrected chi connectivity index (χ3v) is 10.3. The minimum absolute atomic E-state index is 0.113. The van der Waals surface area contributed by atoms with E-state index in [1.807, 2.05) is 24.4 Å². The molecule has 184 valence electrons. The molecule has 0 saturated carbocycles. The minimum Gasteiger partial charge on any atom is -0.351 e. The number of rotatable bonds is 6. The van der Waals surface area contributed by atoms with Gasteiger partial charge in [0.2, 0.25) is 16.0 Å². The van der Waals surface area contributed by atoms with Crippen LogP contribution >= 0.6 is 11.3 Å². The lowest BCUT2D eigenvalue weighted by Crippen LogP contribution is -2.60. The summed E-state index contributed by atoms with van der Waals surface area (Å²) in [5.41, 5.74) is 1.83. The number of fused-ring (bicyclic) bond motifs is 3. The van der Waals surface area contributed by atoms with Crippen molar-refractivity contribution in [2.24, 2.45) is 5.92 Å². The van der Waals surface area contributed by atoms with E-state index in [1.165, 1.54) is 4.31 Å². The molecule has 0 amide bonds. The fraction of sp³-hybridized carbons (Fsp3) is 0.545. The Morgan fingerprint density at radius 2 is 1.97 bits per heavy atom. The first-order valence-corrected chi connectivity index (χ1v) is 14.2. The molecular weight excluding hydrogens is 486 g/mol. The molecule has 6 rings (SSSR count). The zero-order chi connectivity index (χ0) is 24.2. The van der Waals surface area contributed by atoms with E-state index in [0.717, 1.165) is 28.8 Å². The normalized spacial score (nSPS) is 27.3. The molecule has 0 radical (unpaired) electrons. The van der Waals surface area contributed by atoms with Crippen molar-refractivity contribution in [1.82, 2.24) is 29.8 Å². The summed E-state index contributed by atoms with van der Waals surface area (Å²) in [6.45, 7) is 2.61. The number of hydrogen-bond donors (Lipinski definition) is 4. The molecule has 3 saturated heterocycles. The number of anilines is 3. The lowest BCUT2D eigenvalue weighted by Gasteiger charge is -2.45. The van der Waals surface area contributed by atoms with Gasteiger partial charge in [-0.25, -0.2) is 13.4 Å². The van der Waals surface area contributed by atoms with E-state index in [1.54, 1.807) is 11.3 Å². The van der Waals surface area contributed by atoms with E-state index in [4.69, 9.17) is 15.2 Å². The molecule has 13 heteroatoms. The van der Waals surface area contributed by atoms with Gasteiger partial charge in [-0.3, -0.25) is 5.10 Å². The zero-order valence-corrected chi connectivity index (χ0v) is 20.9. The van der Waals surface area contributed by atoms with Gasteiger partial charge in [0.1, 0.15) is 0 Å². The van der Waals surface area contributed by atoms with Gasteiger partial charge >= 0.3 is 0 Å². The Bertz CT molecular complexity index is 1380. The van der Waals surface area contributed by atoms with E-state index in [2.05, 4.69) is 32.2 Å². The lowest BCUT2D eigenvalue weighted by molar-refractivity contribution is 0.211. The van der Waals surface area contributed by atoms with Crippen molar-refractivity contribution in [3.05, 3.63) is 23.2 Å². The number of aromatic amines is 1. The fourth-order valence-electron chi connectivity index (χ4n) is 5.41. The van der Waals surface area contributed by atoms with Crippen molar-refractivity contribution in [2.45, 2.75) is 56.0 Å². The summed E-state index contributed by atoms with van der Waals surface area (Å²) in [5, 5.41) is 28.2. The highest BCUT2D eigenvalue weighted by molar-refractivity contribution is 7.89. The molecule has 0 spiro atoms. The monoisotopic (exact) mass is 513 g/mol. The number of thiophene rings is 1. The Kier molecular flexibility index (Phi) is 5.63. The molecule has 3 aliphatic rings. The predicted octanol–water partition coefficient (Wildman–Crippen LogP) is 2.32. The van der Waals surface area contributed by atoms with Gasteiger partial charge in [0.15, 0.2) is 11.6 Å². The van der Waals surface area contributed by atoms with Crippen molar-refractivity contribution in [2.75, 3.05) is 23.7 Å². The smallest absolute Gasteiger partial charge is 0.225 e. The van der Waals surface area contributed by atoms with Gasteiger partial charge in [0, 0.05) is 43.0 Å². The average Bonchev–Trinajstić information content (AvgIpc) is 3.41. The van der Waals surface area contributed by atoms with Crippen LogP contribution in [0, 0.1) is 24.2 Å². The predicted molar refractivity (Wildman–Crippen MR) is 134 cm³/mol. The number of sulfonamides is 1. The van der Waals surface area contributed by atoms with Crippen molar-refractivity contribution < 1.29 is 8.42 Å². The standard InChI is InChI=1S/C22H27N9O2S2/c1-12-4-19(30-29-12)27-21-20-18(2-3-34-20)26-22(28-21)25-14-5-15-7-17(8-16(6-14)24-15)35(32,33)31-10-13(9-23)11-31/h2-4,13-17,24H,5-8,10-11H2,1H3,(H3,25,26,27,28,29,30)/t14?,15-,16+,17?. The number of nitriles is 1. The topological polar surface area (TPSA) is 152 Å². The van der Waals surface area contributed by atoms with Crippen LogP contribution in [0.2, 0.25) is 0 Å². The fourth-order valence-corrected chi connectivity index (χ4v) is 8.33. The van der Waals surface area contributed by atoms with Crippen LogP contribution < -0.4 is 16.0 Å². The quantitative estimate of drug-likeness (QED) is 0.389. The summed E-state index contributed by atoms with van der Waals surface area (Å²) < 4.78 is 28.6. The molecule has 35 heavy (non-hydrogen) atoms. The Morgan fingerprint density at radius 3 is 2.66 bits per heavy atom. The van der Waals surface area contributed by atoms with Crippen LogP contribution in [0.4, 0.5) is 17.6 Å². The van der Waals surface area contributed by atoms with Gasteiger partial charge in [-0.1, -0.05) is 0 Å². The Hall–Kier alpha value is -2.79. The second kappa shape index (κ2) is 8.70. The van der Waals surface area contributed by atoms with Crippen LogP contribution in [0.3, 0.4) is 0 Å². The van der Waals surface area contributed by atoms with Crippen LogP contribution in [0.5, 0.6) is 0 Å². The number of hydrogen-bond acceptors (Lipinski definition) is 10. The van der Waals surface area contributed by atoms with Crippen LogP contribution in [0.1, 0.15) is 31.4 Å². The highest BCUT2D eigenvalue weighted by Gasteiger charge is 2.46. The van der Waals surface area contributed by atoms with Crippen LogP contribution in [-0.2, 0) is 10.0 Å². The molecular formula is C22H27N9O2S2.